The normalized spacial score (nSPS) is 13.2. The number of allylic oxidation sites excluding steroid dienone is 1. The minimum atomic E-state index is -0.154. The van der Waals surface area contributed by atoms with Crippen molar-refractivity contribution in [3.63, 3.8) is 0 Å². The van der Waals surface area contributed by atoms with E-state index in [9.17, 15) is 9.90 Å². The molecule has 1 atom stereocenters. The second-order valence-electron chi connectivity index (χ2n) is 5.44. The Labute approximate surface area is 133 Å². The fraction of sp³-hybridized carbons (Fsp3) is 0.167. The summed E-state index contributed by atoms with van der Waals surface area (Å²) < 4.78 is 1.74. The van der Waals surface area contributed by atoms with Crippen molar-refractivity contribution in [3.05, 3.63) is 66.2 Å². The number of ketones is 1. The Balaban J connectivity index is 1.75. The molecule has 1 aromatic heterocycles. The van der Waals surface area contributed by atoms with Gasteiger partial charge in [-0.2, -0.15) is 0 Å². The van der Waals surface area contributed by atoms with Crippen molar-refractivity contribution in [2.45, 2.75) is 19.4 Å². The van der Waals surface area contributed by atoms with Crippen molar-refractivity contribution in [1.29, 1.82) is 0 Å². The molecule has 0 spiro atoms. The van der Waals surface area contributed by atoms with Crippen LogP contribution in [0.1, 0.15) is 24.9 Å². The van der Waals surface area contributed by atoms with Gasteiger partial charge < -0.3 is 5.11 Å². The number of rotatable bonds is 5. The fourth-order valence-corrected chi connectivity index (χ4v) is 2.49. The van der Waals surface area contributed by atoms with Crippen LogP contribution in [0.15, 0.2) is 60.7 Å². The van der Waals surface area contributed by atoms with Crippen LogP contribution in [0.3, 0.4) is 0 Å². The van der Waals surface area contributed by atoms with Crippen molar-refractivity contribution in [2.24, 2.45) is 0 Å². The van der Waals surface area contributed by atoms with Gasteiger partial charge in [-0.3, -0.25) is 4.79 Å². The number of nitrogens with zero attached hydrogens (tertiary/aromatic N) is 3. The Morgan fingerprint density at radius 2 is 1.87 bits per heavy atom. The molecule has 3 rings (SSSR count). The van der Waals surface area contributed by atoms with Crippen molar-refractivity contribution in [1.82, 2.24) is 15.0 Å². The van der Waals surface area contributed by atoms with Crippen molar-refractivity contribution >= 4 is 22.6 Å². The van der Waals surface area contributed by atoms with E-state index in [0.29, 0.717) is 5.56 Å². The number of carbonyl (C=O) groups excluding carboxylic acids is 1. The highest BCUT2D eigenvalue weighted by Crippen LogP contribution is 2.19. The predicted molar refractivity (Wildman–Crippen MR) is 88.9 cm³/mol. The van der Waals surface area contributed by atoms with E-state index in [-0.39, 0.29) is 24.0 Å². The van der Waals surface area contributed by atoms with Crippen LogP contribution in [0.4, 0.5) is 0 Å². The summed E-state index contributed by atoms with van der Waals surface area (Å²) in [6.45, 7) is 1.91. The minimum Gasteiger partial charge on any atom is -0.507 e. The second-order valence-corrected chi connectivity index (χ2v) is 5.44. The molecule has 3 aromatic rings. The molecule has 116 valence electrons. The molecule has 1 N–H and O–H groups in total. The van der Waals surface area contributed by atoms with Gasteiger partial charge in [0.2, 0.25) is 0 Å². The first-order chi connectivity index (χ1) is 11.1. The van der Waals surface area contributed by atoms with Crippen molar-refractivity contribution < 1.29 is 9.90 Å². The number of benzene rings is 2. The van der Waals surface area contributed by atoms with Crippen LogP contribution in [0.2, 0.25) is 0 Å². The fourth-order valence-electron chi connectivity index (χ4n) is 2.49. The van der Waals surface area contributed by atoms with Crippen LogP contribution in [0, 0.1) is 0 Å². The van der Waals surface area contributed by atoms with Gasteiger partial charge in [-0.05, 0) is 19.1 Å². The third kappa shape index (κ3) is 3.29. The molecule has 0 saturated heterocycles. The van der Waals surface area contributed by atoms with E-state index in [2.05, 4.69) is 10.3 Å². The third-order valence-electron chi connectivity index (χ3n) is 3.66. The summed E-state index contributed by atoms with van der Waals surface area (Å²) in [5.41, 5.74) is 2.32. The Bertz CT molecular complexity index is 853. The molecule has 1 unspecified atom stereocenters. The quantitative estimate of drug-likeness (QED) is 0.578. The van der Waals surface area contributed by atoms with E-state index < -0.39 is 0 Å². The second kappa shape index (κ2) is 6.44. The van der Waals surface area contributed by atoms with E-state index >= 15 is 0 Å². The van der Waals surface area contributed by atoms with Crippen LogP contribution in [0.5, 0.6) is 0 Å². The van der Waals surface area contributed by atoms with Gasteiger partial charge >= 0.3 is 0 Å². The zero-order valence-corrected chi connectivity index (χ0v) is 12.8. The number of aliphatic hydroxyl groups excluding tert-OH is 1. The zero-order chi connectivity index (χ0) is 16.2. The van der Waals surface area contributed by atoms with Gasteiger partial charge in [-0.1, -0.05) is 47.7 Å². The van der Waals surface area contributed by atoms with E-state index in [0.717, 1.165) is 11.0 Å². The molecular weight excluding hydrogens is 290 g/mol. The average molecular weight is 307 g/mol. The van der Waals surface area contributed by atoms with Gasteiger partial charge in [0, 0.05) is 18.1 Å². The molecular formula is C18H17N3O2. The lowest BCUT2D eigenvalue weighted by Gasteiger charge is -2.10. The van der Waals surface area contributed by atoms with Gasteiger partial charge in [0.25, 0.3) is 0 Å². The van der Waals surface area contributed by atoms with Crippen LogP contribution in [-0.2, 0) is 4.79 Å². The average Bonchev–Trinajstić information content (AvgIpc) is 2.99. The molecule has 0 radical (unpaired) electrons. The lowest BCUT2D eigenvalue weighted by Crippen LogP contribution is -2.11. The van der Waals surface area contributed by atoms with Crippen molar-refractivity contribution in [3.8, 4) is 0 Å². The molecule has 0 amide bonds. The van der Waals surface area contributed by atoms with Crippen LogP contribution in [0.25, 0.3) is 16.8 Å². The standard InChI is InChI=1S/C18H17N3O2/c1-13(21-17-10-6-5-9-16(17)19-20-21)11-15(22)12-18(23)14-7-3-2-4-8-14/h2-10,12-13,23H,11H2,1H3. The lowest BCUT2D eigenvalue weighted by molar-refractivity contribution is -0.115. The Morgan fingerprint density at radius 1 is 1.17 bits per heavy atom. The van der Waals surface area contributed by atoms with E-state index in [4.69, 9.17) is 0 Å². The van der Waals surface area contributed by atoms with Gasteiger partial charge in [-0.15, -0.1) is 5.10 Å². The summed E-state index contributed by atoms with van der Waals surface area (Å²) in [4.78, 5) is 12.2. The summed E-state index contributed by atoms with van der Waals surface area (Å²) in [6.07, 6.45) is 1.51. The molecule has 23 heavy (non-hydrogen) atoms. The number of hydrogen-bond donors (Lipinski definition) is 1. The monoisotopic (exact) mass is 307 g/mol. The van der Waals surface area contributed by atoms with Crippen LogP contribution < -0.4 is 0 Å². The third-order valence-corrected chi connectivity index (χ3v) is 3.66. The van der Waals surface area contributed by atoms with E-state index in [1.807, 2.05) is 49.4 Å². The molecule has 1 heterocycles. The maximum atomic E-state index is 12.2. The number of aromatic nitrogens is 3. The summed E-state index contributed by atoms with van der Waals surface area (Å²) in [5.74, 6) is -0.176. The van der Waals surface area contributed by atoms with E-state index in [1.165, 1.54) is 6.08 Å². The summed E-state index contributed by atoms with van der Waals surface area (Å²) >= 11 is 0. The molecule has 0 aliphatic carbocycles. The number of fused-ring (bicyclic) bond motifs is 1. The SMILES string of the molecule is CC(CC(=O)C=C(O)c1ccccc1)n1nnc2ccccc21. The first-order valence-corrected chi connectivity index (χ1v) is 7.44. The zero-order valence-electron chi connectivity index (χ0n) is 12.8. The number of aliphatic hydroxyl groups is 1. The summed E-state index contributed by atoms with van der Waals surface area (Å²) in [5, 5.41) is 18.2. The molecule has 0 fully saturated rings. The van der Waals surface area contributed by atoms with Gasteiger partial charge in [0.1, 0.15) is 11.3 Å². The van der Waals surface area contributed by atoms with Gasteiger partial charge in [-0.25, -0.2) is 4.68 Å². The highest BCUT2D eigenvalue weighted by molar-refractivity contribution is 5.95. The molecule has 0 aliphatic rings. The largest absolute Gasteiger partial charge is 0.507 e. The number of hydrogen-bond acceptors (Lipinski definition) is 4. The highest BCUT2D eigenvalue weighted by Gasteiger charge is 2.14. The van der Waals surface area contributed by atoms with Gasteiger partial charge in [0.05, 0.1) is 11.6 Å². The molecule has 2 aromatic carbocycles. The first kappa shape index (κ1) is 15.0. The topological polar surface area (TPSA) is 68.0 Å². The molecule has 5 nitrogen and oxygen atoms in total. The minimum absolute atomic E-state index is 0.0220. The van der Waals surface area contributed by atoms with Crippen LogP contribution in [-0.4, -0.2) is 25.9 Å². The lowest BCUT2D eigenvalue weighted by atomic mass is 10.1. The highest BCUT2D eigenvalue weighted by atomic mass is 16.3. The Morgan fingerprint density at radius 3 is 2.65 bits per heavy atom. The van der Waals surface area contributed by atoms with Gasteiger partial charge in [0.15, 0.2) is 5.78 Å². The predicted octanol–water partition coefficient (Wildman–Crippen LogP) is 3.55. The first-order valence-electron chi connectivity index (χ1n) is 7.44. The molecule has 5 heteroatoms. The Kier molecular flexibility index (Phi) is 4.19. The number of para-hydroxylation sites is 1. The van der Waals surface area contributed by atoms with Crippen LogP contribution >= 0.6 is 0 Å². The summed E-state index contributed by atoms with van der Waals surface area (Å²) in [6, 6.07) is 16.5. The smallest absolute Gasteiger partial charge is 0.161 e. The Hall–Kier alpha value is -2.95. The maximum absolute atomic E-state index is 12.2. The molecule has 0 saturated carbocycles. The molecule has 0 aliphatic heterocycles. The number of carbonyl (C=O) groups is 1. The van der Waals surface area contributed by atoms with E-state index in [1.54, 1.807) is 16.8 Å². The maximum Gasteiger partial charge on any atom is 0.161 e. The summed E-state index contributed by atoms with van der Waals surface area (Å²) in [7, 11) is 0. The van der Waals surface area contributed by atoms with Crippen molar-refractivity contribution in [2.75, 3.05) is 0 Å². The molecule has 0 bridgehead atoms.